The minimum absolute atomic E-state index is 0.0732. The molecule has 0 spiro atoms. The number of aromatic nitrogens is 3. The molecule has 3 rings (SSSR count). The molecule has 124 valence electrons. The van der Waals surface area contributed by atoms with Crippen LogP contribution >= 0.6 is 0 Å². The zero-order chi connectivity index (χ0) is 17.3. The summed E-state index contributed by atoms with van der Waals surface area (Å²) < 4.78 is 10.4. The molecular formula is C15H15N5O4. The van der Waals surface area contributed by atoms with Crippen LogP contribution in [0.3, 0.4) is 0 Å². The van der Waals surface area contributed by atoms with Crippen LogP contribution in [0.5, 0.6) is 11.6 Å². The van der Waals surface area contributed by atoms with E-state index in [-0.39, 0.29) is 35.8 Å². The summed E-state index contributed by atoms with van der Waals surface area (Å²) in [5, 5.41) is 2.79. The second-order valence-corrected chi connectivity index (χ2v) is 5.62. The Morgan fingerprint density at radius 1 is 1.29 bits per heavy atom. The van der Waals surface area contributed by atoms with Crippen molar-refractivity contribution >= 4 is 11.8 Å². The van der Waals surface area contributed by atoms with E-state index in [1.807, 2.05) is 0 Å². The van der Waals surface area contributed by atoms with Crippen LogP contribution < -0.4 is 20.5 Å². The van der Waals surface area contributed by atoms with Gasteiger partial charge in [-0.05, 0) is 26.0 Å². The maximum atomic E-state index is 12.3. The summed E-state index contributed by atoms with van der Waals surface area (Å²) in [6.45, 7) is 3.32. The Morgan fingerprint density at radius 3 is 2.75 bits per heavy atom. The lowest BCUT2D eigenvalue weighted by Crippen LogP contribution is -2.42. The number of fused-ring (bicyclic) bond motifs is 1. The smallest absolute Gasteiger partial charge is 0.271 e. The van der Waals surface area contributed by atoms with Gasteiger partial charge >= 0.3 is 0 Å². The Bertz CT molecular complexity index is 807. The van der Waals surface area contributed by atoms with E-state index in [1.165, 1.54) is 6.20 Å². The number of ether oxygens (including phenoxy) is 2. The highest BCUT2D eigenvalue weighted by atomic mass is 16.7. The fourth-order valence-corrected chi connectivity index (χ4v) is 2.16. The monoisotopic (exact) mass is 329 g/mol. The molecule has 0 unspecified atom stereocenters. The second-order valence-electron chi connectivity index (χ2n) is 5.62. The summed E-state index contributed by atoms with van der Waals surface area (Å²) >= 11 is 0. The molecule has 0 radical (unpaired) electrons. The van der Waals surface area contributed by atoms with Gasteiger partial charge in [-0.1, -0.05) is 0 Å². The highest BCUT2D eigenvalue weighted by Crippen LogP contribution is 2.34. The molecule has 24 heavy (non-hydrogen) atoms. The number of carbonyl (C=O) groups is 2. The van der Waals surface area contributed by atoms with Crippen molar-refractivity contribution in [2.24, 2.45) is 5.73 Å². The van der Waals surface area contributed by atoms with Crippen LogP contribution in [0.1, 0.15) is 40.5 Å². The molecule has 0 bridgehead atoms. The third-order valence-electron chi connectivity index (χ3n) is 3.38. The number of pyridine rings is 1. The van der Waals surface area contributed by atoms with Gasteiger partial charge in [0.2, 0.25) is 12.5 Å². The van der Waals surface area contributed by atoms with Crippen molar-refractivity contribution in [2.45, 2.75) is 19.4 Å². The maximum Gasteiger partial charge on any atom is 0.271 e. The predicted octanol–water partition coefficient (Wildman–Crippen LogP) is 0.364. The molecule has 0 aromatic carbocycles. The van der Waals surface area contributed by atoms with Crippen LogP contribution in [0.2, 0.25) is 0 Å². The minimum atomic E-state index is -0.988. The van der Waals surface area contributed by atoms with Crippen molar-refractivity contribution in [2.75, 3.05) is 6.79 Å². The Morgan fingerprint density at radius 2 is 2.08 bits per heavy atom. The van der Waals surface area contributed by atoms with Crippen molar-refractivity contribution in [3.63, 3.8) is 0 Å². The van der Waals surface area contributed by atoms with Gasteiger partial charge in [0.25, 0.3) is 17.7 Å². The molecule has 9 heteroatoms. The number of nitrogens with zero attached hydrogens (tertiary/aromatic N) is 3. The van der Waals surface area contributed by atoms with Crippen LogP contribution in [0.25, 0.3) is 0 Å². The van der Waals surface area contributed by atoms with E-state index in [9.17, 15) is 9.59 Å². The van der Waals surface area contributed by atoms with Gasteiger partial charge in [-0.3, -0.25) is 14.6 Å². The van der Waals surface area contributed by atoms with Gasteiger partial charge < -0.3 is 20.5 Å². The van der Waals surface area contributed by atoms with Crippen molar-refractivity contribution in [3.8, 4) is 11.6 Å². The van der Waals surface area contributed by atoms with Crippen LogP contribution in [0, 0.1) is 0 Å². The SMILES string of the molecule is CC(C)(NC(=O)c1cccnc1)c1nc2c(c(C(N)=O)n1)OCO2. The molecule has 2 aromatic rings. The summed E-state index contributed by atoms with van der Waals surface area (Å²) in [6.07, 6.45) is 3.02. The summed E-state index contributed by atoms with van der Waals surface area (Å²) in [6, 6.07) is 3.29. The first kappa shape index (κ1) is 15.7. The van der Waals surface area contributed by atoms with Crippen molar-refractivity contribution in [3.05, 3.63) is 41.6 Å². The van der Waals surface area contributed by atoms with E-state index in [2.05, 4.69) is 20.3 Å². The lowest BCUT2D eigenvalue weighted by molar-refractivity contribution is 0.0907. The Kier molecular flexibility index (Phi) is 3.76. The molecule has 0 atom stereocenters. The molecule has 0 aliphatic carbocycles. The minimum Gasteiger partial charge on any atom is -0.449 e. The van der Waals surface area contributed by atoms with E-state index in [0.717, 1.165) is 0 Å². The molecule has 2 aromatic heterocycles. The van der Waals surface area contributed by atoms with Gasteiger partial charge in [0, 0.05) is 12.4 Å². The summed E-state index contributed by atoms with van der Waals surface area (Å²) in [7, 11) is 0. The quantitative estimate of drug-likeness (QED) is 0.828. The molecule has 9 nitrogen and oxygen atoms in total. The molecule has 3 N–H and O–H groups in total. The number of rotatable bonds is 4. The van der Waals surface area contributed by atoms with Crippen molar-refractivity contribution in [1.82, 2.24) is 20.3 Å². The molecular weight excluding hydrogens is 314 g/mol. The van der Waals surface area contributed by atoms with Gasteiger partial charge in [-0.15, -0.1) is 0 Å². The average Bonchev–Trinajstić information content (AvgIpc) is 3.02. The molecule has 1 aliphatic rings. The van der Waals surface area contributed by atoms with E-state index in [4.69, 9.17) is 15.2 Å². The maximum absolute atomic E-state index is 12.3. The molecule has 3 heterocycles. The summed E-state index contributed by atoms with van der Waals surface area (Å²) in [5.41, 5.74) is 4.65. The summed E-state index contributed by atoms with van der Waals surface area (Å²) in [4.78, 5) is 36.2. The van der Waals surface area contributed by atoms with E-state index in [0.29, 0.717) is 5.56 Å². The van der Waals surface area contributed by atoms with Crippen LogP contribution in [0.4, 0.5) is 0 Å². The molecule has 0 saturated carbocycles. The van der Waals surface area contributed by atoms with Crippen molar-refractivity contribution in [1.29, 1.82) is 0 Å². The molecule has 0 saturated heterocycles. The number of hydrogen-bond donors (Lipinski definition) is 2. The van der Waals surface area contributed by atoms with E-state index < -0.39 is 11.4 Å². The highest BCUT2D eigenvalue weighted by molar-refractivity contribution is 5.95. The fourth-order valence-electron chi connectivity index (χ4n) is 2.16. The number of primary amides is 1. The second kappa shape index (κ2) is 5.76. The van der Waals surface area contributed by atoms with Crippen molar-refractivity contribution < 1.29 is 19.1 Å². The first-order chi connectivity index (χ1) is 11.4. The zero-order valence-electron chi connectivity index (χ0n) is 13.1. The van der Waals surface area contributed by atoms with Crippen LogP contribution in [-0.2, 0) is 5.54 Å². The number of hydrogen-bond acceptors (Lipinski definition) is 7. The summed E-state index contributed by atoms with van der Waals surface area (Å²) in [5.74, 6) is -0.708. The van der Waals surface area contributed by atoms with Crippen LogP contribution in [-0.4, -0.2) is 33.6 Å². The highest BCUT2D eigenvalue weighted by Gasteiger charge is 2.33. The lowest BCUT2D eigenvalue weighted by Gasteiger charge is -2.25. The van der Waals surface area contributed by atoms with Gasteiger partial charge in [-0.25, -0.2) is 4.98 Å². The lowest BCUT2D eigenvalue weighted by atomic mass is 10.0. The Balaban J connectivity index is 1.94. The van der Waals surface area contributed by atoms with E-state index in [1.54, 1.807) is 32.2 Å². The normalized spacial score (nSPS) is 12.8. The number of carbonyl (C=O) groups excluding carboxylic acids is 2. The van der Waals surface area contributed by atoms with Crippen LogP contribution in [0.15, 0.2) is 24.5 Å². The third kappa shape index (κ3) is 2.83. The third-order valence-corrected chi connectivity index (χ3v) is 3.38. The van der Waals surface area contributed by atoms with Gasteiger partial charge in [0.05, 0.1) is 11.1 Å². The largest absolute Gasteiger partial charge is 0.449 e. The average molecular weight is 329 g/mol. The Hall–Kier alpha value is -3.23. The van der Waals surface area contributed by atoms with E-state index >= 15 is 0 Å². The zero-order valence-corrected chi connectivity index (χ0v) is 13.1. The molecule has 0 fully saturated rings. The standard InChI is InChI=1S/C15H15N5O4/c1-15(2,20-12(22)8-4-3-5-17-6-8)14-18-9(11(16)21)10-13(19-14)24-7-23-10/h3-6H,7H2,1-2H3,(H2,16,21)(H,20,22). The first-order valence-corrected chi connectivity index (χ1v) is 7.09. The first-order valence-electron chi connectivity index (χ1n) is 7.09. The molecule has 1 aliphatic heterocycles. The van der Waals surface area contributed by atoms with Gasteiger partial charge in [0.1, 0.15) is 0 Å². The Labute approximate surface area is 137 Å². The number of amides is 2. The fraction of sp³-hybridized carbons (Fsp3) is 0.267. The number of nitrogens with two attached hydrogens (primary N) is 1. The topological polar surface area (TPSA) is 129 Å². The van der Waals surface area contributed by atoms with Gasteiger partial charge in [-0.2, -0.15) is 4.98 Å². The predicted molar refractivity (Wildman–Crippen MR) is 81.4 cm³/mol. The molecule has 2 amide bonds. The number of nitrogens with one attached hydrogen (secondary N) is 1. The van der Waals surface area contributed by atoms with Gasteiger partial charge in [0.15, 0.2) is 11.5 Å².